The number of hydrazine groups is 1. The first kappa shape index (κ1) is 98.9. The standard InChI is InChI=1S/C68H68Cl2N8O10S2.C33H32Cl2N4O5S/c1-45-23-27-49(28-24-45)61-64(52-33-37-54(70)38-34-52)74-66-55(71-61)41-57(79)68(84)76(66)40-16-6-4-14-22-60(82)78(90(87,88)44-48-19-11-8-12-20-48)77(89(85,86)43-47-17-9-7-10-18-47)59(81)21-13-3-5-15-39-75-65-56(42-58(80)67(75)83)72-62(51-31-35-53(69)36-32-51)63(73-65)50-29-25-46(2)26-30-50;34-25-15-11-23(12-16-25)30-31(24-13-17-26(35)18-14-24)37-32-27(36-30)20-28(40)33(42)39(32)19-7-2-1-6-10-29(41)38-45(43,44)21-22-8-4-3-5-9-22/h7-12,17-20,23-38,57-58,79-80H,3-6,13-16,21-22,39-44H2,1-2H3;3-5,8-9,11-18,28,40H,1-2,6-7,10,19-21H2,(H,38,41). The van der Waals surface area contributed by atoms with E-state index in [1.165, 1.54) is 39.0 Å². The highest BCUT2D eigenvalue weighted by Crippen LogP contribution is 2.41. The van der Waals surface area contributed by atoms with Crippen LogP contribution in [0.1, 0.15) is 141 Å². The van der Waals surface area contributed by atoms with Crippen molar-refractivity contribution >= 4 is 129 Å². The monoisotopic (exact) mass is 1960 g/mol. The third-order valence-corrected chi connectivity index (χ3v) is 28.6. The predicted octanol–water partition coefficient (Wildman–Crippen LogP) is 17.6. The van der Waals surface area contributed by atoms with Crippen LogP contribution in [0.2, 0.25) is 20.1 Å². The zero-order valence-electron chi connectivity index (χ0n) is 74.1. The van der Waals surface area contributed by atoms with Gasteiger partial charge in [-0.05, 0) is 118 Å². The van der Waals surface area contributed by atoms with Crippen LogP contribution in [-0.2, 0) is 95.4 Å². The molecule has 3 unspecified atom stereocenters. The van der Waals surface area contributed by atoms with E-state index in [-0.39, 0.29) is 77.3 Å². The van der Waals surface area contributed by atoms with Crippen molar-refractivity contribution in [1.29, 1.82) is 0 Å². The van der Waals surface area contributed by atoms with Crippen molar-refractivity contribution in [3.63, 3.8) is 0 Å². The Morgan fingerprint density at radius 1 is 0.333 bits per heavy atom. The number of anilines is 3. The van der Waals surface area contributed by atoms with Gasteiger partial charge in [0.1, 0.15) is 18.3 Å². The number of hydrogen-bond acceptors (Lipinski definition) is 21. The Morgan fingerprint density at radius 2 is 0.578 bits per heavy atom. The van der Waals surface area contributed by atoms with Crippen LogP contribution in [-0.4, -0.2) is 153 Å². The summed E-state index contributed by atoms with van der Waals surface area (Å²) in [6.07, 6.45) is -0.110. The number of aryl methyl sites for hydroxylation is 2. The van der Waals surface area contributed by atoms with Gasteiger partial charge in [-0.25, -0.2) is 55.2 Å². The first-order chi connectivity index (χ1) is 64.8. The van der Waals surface area contributed by atoms with Gasteiger partial charge in [-0.3, -0.25) is 48.2 Å². The number of rotatable bonds is 36. The van der Waals surface area contributed by atoms with E-state index in [1.807, 2.05) is 111 Å². The second-order valence-electron chi connectivity index (χ2n) is 33.5. The van der Waals surface area contributed by atoms with Crippen LogP contribution in [0.4, 0.5) is 17.5 Å². The first-order valence-corrected chi connectivity index (χ1v) is 50.9. The Hall–Kier alpha value is -12.1. The van der Waals surface area contributed by atoms with Crippen molar-refractivity contribution < 1.29 is 69.3 Å². The maximum Gasteiger partial charge on any atom is 0.260 e. The molecule has 27 nitrogen and oxygen atoms in total. The average molecular weight is 1960 g/mol. The maximum absolute atomic E-state index is 14.7. The molecule has 6 heterocycles. The van der Waals surface area contributed by atoms with Crippen LogP contribution >= 0.6 is 46.4 Å². The molecule has 12 aromatic rings. The summed E-state index contributed by atoms with van der Waals surface area (Å²) >= 11 is 24.8. The highest BCUT2D eigenvalue weighted by Gasteiger charge is 2.44. The Bertz CT molecular complexity index is 6370. The number of carbonyl (C=O) groups excluding carboxylic acids is 6. The molecule has 0 saturated carbocycles. The molecule has 0 radical (unpaired) electrons. The van der Waals surface area contributed by atoms with Gasteiger partial charge in [-0.2, -0.15) is 0 Å². The minimum absolute atomic E-state index is 0.0431. The summed E-state index contributed by atoms with van der Waals surface area (Å²) in [6.45, 7) is 4.50. The number of aliphatic hydroxyl groups is 3. The Labute approximate surface area is 804 Å². The van der Waals surface area contributed by atoms with Gasteiger partial charge in [0.05, 0.1) is 68.5 Å². The lowest BCUT2D eigenvalue weighted by Crippen LogP contribution is -2.55. The molecule has 0 spiro atoms. The molecule has 700 valence electrons. The molecule has 34 heteroatoms. The second kappa shape index (κ2) is 45.1. The number of sulfonamides is 3. The van der Waals surface area contributed by atoms with Gasteiger partial charge in [-0.15, -0.1) is 8.83 Å². The summed E-state index contributed by atoms with van der Waals surface area (Å²) in [5.41, 5.74) is 12.5. The molecule has 3 aliphatic rings. The summed E-state index contributed by atoms with van der Waals surface area (Å²) in [4.78, 5) is 116. The van der Waals surface area contributed by atoms with Crippen molar-refractivity contribution in [2.24, 2.45) is 0 Å². The van der Waals surface area contributed by atoms with E-state index in [0.717, 1.165) is 38.9 Å². The number of benzene rings is 9. The molecular formula is C101H100Cl4N12O15S3. The molecule has 4 N–H and O–H groups in total. The lowest BCUT2D eigenvalue weighted by atomic mass is 10.0. The van der Waals surface area contributed by atoms with Crippen LogP contribution in [0, 0.1) is 13.8 Å². The third kappa shape index (κ3) is 25.4. The lowest BCUT2D eigenvalue weighted by Gasteiger charge is -2.33. The molecule has 3 aromatic heterocycles. The van der Waals surface area contributed by atoms with E-state index >= 15 is 0 Å². The van der Waals surface area contributed by atoms with Crippen molar-refractivity contribution in [2.45, 2.75) is 165 Å². The van der Waals surface area contributed by atoms with Gasteiger partial charge in [0, 0.05) is 112 Å². The minimum atomic E-state index is -4.93. The van der Waals surface area contributed by atoms with E-state index in [4.69, 9.17) is 76.3 Å². The van der Waals surface area contributed by atoms with Gasteiger partial charge in [0.15, 0.2) is 17.5 Å². The molecule has 0 aliphatic carbocycles. The second-order valence-corrected chi connectivity index (χ2v) is 40.5. The van der Waals surface area contributed by atoms with E-state index in [1.54, 1.807) is 115 Å². The number of unbranched alkanes of at least 4 members (excludes halogenated alkanes) is 9. The maximum atomic E-state index is 14.7. The molecular weight excluding hydrogens is 1860 g/mol. The molecule has 0 fully saturated rings. The normalized spacial score (nSPS) is 14.8. The molecule has 3 aliphatic heterocycles. The van der Waals surface area contributed by atoms with Crippen LogP contribution in [0.15, 0.2) is 237 Å². The zero-order chi connectivity index (χ0) is 95.7. The highest BCUT2D eigenvalue weighted by atomic mass is 35.5. The van der Waals surface area contributed by atoms with Gasteiger partial charge < -0.3 is 15.3 Å². The molecule has 0 saturated heterocycles. The zero-order valence-corrected chi connectivity index (χ0v) is 79.6. The quantitative estimate of drug-likeness (QED) is 0.0209. The smallest absolute Gasteiger partial charge is 0.260 e. The molecule has 6 amide bonds. The van der Waals surface area contributed by atoms with Crippen LogP contribution < -0.4 is 19.4 Å². The number of fused-ring (bicyclic) bond motifs is 3. The number of halogens is 4. The van der Waals surface area contributed by atoms with Crippen LogP contribution in [0.3, 0.4) is 0 Å². The SMILES string of the molecule is Cc1ccc(-c2nc3c(nc2-c2ccc(Cl)cc2)N(CCCCCCC(=O)N(N(C(=O)CCCCCCN2C(=O)C(O)Cc4nc(-c5ccc(Cl)cc5)c(-c5ccc(C)cc5)nc42)S(=O)(=O)Cc2ccccc2)S(=O)(=O)Cc2ccccc2)C(=O)C(O)C3)cc1.O=C(CCCCCCN1C(=O)C(O)Cc2nc(-c3ccc(Cl)cc3)c(-c3ccc(Cl)cc3)nc21)NS(=O)(=O)Cc1ccccc1. The molecule has 3 atom stereocenters. The number of aliphatic hydroxyl groups excluding tert-OH is 3. The van der Waals surface area contributed by atoms with Crippen LogP contribution in [0.25, 0.3) is 67.5 Å². The number of aromatic nitrogens is 6. The summed E-state index contributed by atoms with van der Waals surface area (Å²) in [5.74, 6) is -5.20. The predicted molar refractivity (Wildman–Crippen MR) is 523 cm³/mol. The number of hydrogen-bond donors (Lipinski definition) is 4. The van der Waals surface area contributed by atoms with Gasteiger partial charge >= 0.3 is 0 Å². The Balaban J connectivity index is 0.000000271. The van der Waals surface area contributed by atoms with E-state index < -0.39 is 108 Å². The molecule has 135 heavy (non-hydrogen) atoms. The fourth-order valence-corrected chi connectivity index (χ4v) is 21.4. The first-order valence-electron chi connectivity index (χ1n) is 44.5. The van der Waals surface area contributed by atoms with Crippen molar-refractivity contribution in [3.8, 4) is 67.5 Å². The number of amides is 6. The topological polar surface area (TPSA) is 371 Å². The average Bonchev–Trinajstić information content (AvgIpc) is 0.768. The summed E-state index contributed by atoms with van der Waals surface area (Å²) in [5, 5.41) is 34.9. The van der Waals surface area contributed by atoms with Gasteiger partial charge in [0.25, 0.3) is 49.6 Å². The van der Waals surface area contributed by atoms with Crippen molar-refractivity contribution in [2.75, 3.05) is 34.3 Å². The van der Waals surface area contributed by atoms with Crippen LogP contribution in [0.5, 0.6) is 0 Å². The fraction of sp³-hybridized carbons (Fsp3) is 0.287. The number of nitrogens with zero attached hydrogens (tertiary/aromatic N) is 11. The summed E-state index contributed by atoms with van der Waals surface area (Å²) < 4.78 is 85.9. The Morgan fingerprint density at radius 3 is 0.859 bits per heavy atom. The van der Waals surface area contributed by atoms with E-state index in [9.17, 15) is 69.3 Å². The lowest BCUT2D eigenvalue weighted by molar-refractivity contribution is -0.145. The van der Waals surface area contributed by atoms with E-state index in [2.05, 4.69) is 4.72 Å². The number of nitrogens with one attached hydrogen (secondary N) is 1. The van der Waals surface area contributed by atoms with Gasteiger partial charge in [0.2, 0.25) is 15.9 Å². The van der Waals surface area contributed by atoms with E-state index in [0.29, 0.717) is 171 Å². The largest absolute Gasteiger partial charge is 0.383 e. The molecule has 0 bridgehead atoms. The van der Waals surface area contributed by atoms with Crippen molar-refractivity contribution in [3.05, 3.63) is 302 Å². The minimum Gasteiger partial charge on any atom is -0.383 e. The van der Waals surface area contributed by atoms with Gasteiger partial charge in [-0.1, -0.05) is 284 Å². The third-order valence-electron chi connectivity index (χ3n) is 23.1. The molecule has 9 aromatic carbocycles. The highest BCUT2D eigenvalue weighted by molar-refractivity contribution is 7.92. The molecule has 15 rings (SSSR count). The summed E-state index contributed by atoms with van der Waals surface area (Å²) in [7, 11) is -13.6. The summed E-state index contributed by atoms with van der Waals surface area (Å²) in [6, 6.07) is 68.8. The number of carbonyl (C=O) groups is 6. The fourth-order valence-electron chi connectivity index (χ4n) is 16.2. The van der Waals surface area contributed by atoms with Crippen molar-refractivity contribution in [1.82, 2.24) is 43.5 Å². The Kier molecular flexibility index (Phi) is 33.0.